The molecule has 0 unspecified atom stereocenters. The molecule has 0 fully saturated rings. The molecule has 0 atom stereocenters. The van der Waals surface area contributed by atoms with E-state index in [9.17, 15) is 4.79 Å². The molecule has 0 saturated heterocycles. The van der Waals surface area contributed by atoms with Crippen molar-refractivity contribution in [2.75, 3.05) is 0 Å². The molecule has 0 saturated carbocycles. The van der Waals surface area contributed by atoms with Gasteiger partial charge in [-0.3, -0.25) is 4.79 Å². The predicted octanol–water partition coefficient (Wildman–Crippen LogP) is -0.558. The maximum atomic E-state index is 10.1. The van der Waals surface area contributed by atoms with Crippen LogP contribution in [-0.4, -0.2) is 26.1 Å². The Hall–Kier alpha value is -1.39. The lowest BCUT2D eigenvalue weighted by Gasteiger charge is -1.84. The number of hydrogen-bond donors (Lipinski definition) is 1. The molecule has 1 N–H and O–H groups in total. The zero-order valence-corrected chi connectivity index (χ0v) is 5.48. The van der Waals surface area contributed by atoms with E-state index in [0.717, 1.165) is 0 Å². The van der Waals surface area contributed by atoms with Gasteiger partial charge in [-0.15, -0.1) is 0 Å². The highest BCUT2D eigenvalue weighted by molar-refractivity contribution is 5.69. The third kappa shape index (κ3) is 1.54. The predicted molar refractivity (Wildman–Crippen MR) is 32.3 cm³/mol. The normalized spacial score (nSPS) is 9.70. The molecule has 1 rings (SSSR count). The summed E-state index contributed by atoms with van der Waals surface area (Å²) < 4.78 is 0. The first-order valence-corrected chi connectivity index (χ1v) is 2.75. The van der Waals surface area contributed by atoms with Gasteiger partial charge in [0.2, 0.25) is 0 Å². The summed E-state index contributed by atoms with van der Waals surface area (Å²) in [7, 11) is 1.64. The molecule has 5 nitrogen and oxygen atoms in total. The first-order chi connectivity index (χ1) is 4.68. The van der Waals surface area contributed by atoms with Gasteiger partial charge in [0.25, 0.3) is 0 Å². The quantitative estimate of drug-likeness (QED) is 0.599. The fourth-order valence-electron chi connectivity index (χ4n) is 0.624. The second-order valence-electron chi connectivity index (χ2n) is 1.90. The number of carbonyl (C=O) groups is 1. The van der Waals surface area contributed by atoms with Crippen molar-refractivity contribution >= 4 is 5.97 Å². The molecule has 0 radical (unpaired) electrons. The van der Waals surface area contributed by atoms with E-state index < -0.39 is 5.97 Å². The summed E-state index contributed by atoms with van der Waals surface area (Å²) in [4.78, 5) is 11.4. The molecule has 10 heavy (non-hydrogen) atoms. The molecule has 0 aliphatic carbocycles. The average molecular weight is 141 g/mol. The maximum absolute atomic E-state index is 10.1. The Kier molecular flexibility index (Phi) is 1.66. The molecule has 54 valence electrons. The van der Waals surface area contributed by atoms with Gasteiger partial charge in [0.1, 0.15) is 0 Å². The Labute approximate surface area is 57.3 Å². The minimum Gasteiger partial charge on any atom is -0.481 e. The van der Waals surface area contributed by atoms with E-state index in [4.69, 9.17) is 5.11 Å². The number of carboxylic acid groups (broad SMARTS) is 1. The van der Waals surface area contributed by atoms with Crippen LogP contribution in [0.1, 0.15) is 5.69 Å². The first kappa shape index (κ1) is 6.73. The van der Waals surface area contributed by atoms with Crippen molar-refractivity contribution in [3.63, 3.8) is 0 Å². The van der Waals surface area contributed by atoms with Crippen LogP contribution in [0.15, 0.2) is 6.20 Å². The summed E-state index contributed by atoms with van der Waals surface area (Å²) in [5, 5.41) is 15.8. The average Bonchev–Trinajstić information content (AvgIpc) is 2.13. The smallest absolute Gasteiger partial charge is 0.309 e. The van der Waals surface area contributed by atoms with Crippen LogP contribution in [0.5, 0.6) is 0 Å². The summed E-state index contributed by atoms with van der Waals surface area (Å²) in [6.45, 7) is 0. The van der Waals surface area contributed by atoms with E-state index in [1.807, 2.05) is 0 Å². The largest absolute Gasteiger partial charge is 0.481 e. The van der Waals surface area contributed by atoms with Crippen molar-refractivity contribution in [2.45, 2.75) is 6.42 Å². The number of aromatic nitrogens is 3. The summed E-state index contributed by atoms with van der Waals surface area (Å²) in [5.74, 6) is -0.888. The summed E-state index contributed by atoms with van der Waals surface area (Å²) >= 11 is 0. The van der Waals surface area contributed by atoms with E-state index in [0.29, 0.717) is 5.69 Å². The monoisotopic (exact) mass is 141 g/mol. The van der Waals surface area contributed by atoms with Crippen LogP contribution in [0, 0.1) is 0 Å². The maximum Gasteiger partial charge on any atom is 0.309 e. The number of carboxylic acids is 1. The summed E-state index contributed by atoms with van der Waals surface area (Å²) in [6, 6.07) is 0. The van der Waals surface area contributed by atoms with Gasteiger partial charge >= 0.3 is 5.97 Å². The number of rotatable bonds is 2. The van der Waals surface area contributed by atoms with Crippen LogP contribution < -0.4 is 0 Å². The fraction of sp³-hybridized carbons (Fsp3) is 0.400. The van der Waals surface area contributed by atoms with Gasteiger partial charge in [-0.05, 0) is 0 Å². The third-order valence-corrected chi connectivity index (χ3v) is 0.979. The highest BCUT2D eigenvalue weighted by Crippen LogP contribution is 1.90. The SMILES string of the molecule is Cn1ncc(CC(=O)O)n1. The molecule has 0 spiro atoms. The van der Waals surface area contributed by atoms with E-state index in [1.165, 1.54) is 11.0 Å². The summed E-state index contributed by atoms with van der Waals surface area (Å²) in [6.07, 6.45) is 1.38. The molecular formula is C5H7N3O2. The van der Waals surface area contributed by atoms with Crippen LogP contribution in [0.4, 0.5) is 0 Å². The Balaban J connectivity index is 2.67. The van der Waals surface area contributed by atoms with Gasteiger partial charge < -0.3 is 5.11 Å². The van der Waals surface area contributed by atoms with E-state index in [1.54, 1.807) is 7.05 Å². The number of hydrogen-bond acceptors (Lipinski definition) is 3. The van der Waals surface area contributed by atoms with Crippen molar-refractivity contribution in [3.05, 3.63) is 11.9 Å². The van der Waals surface area contributed by atoms with Crippen LogP contribution in [0.25, 0.3) is 0 Å². The lowest BCUT2D eigenvalue weighted by atomic mass is 10.3. The highest BCUT2D eigenvalue weighted by Gasteiger charge is 2.02. The second kappa shape index (κ2) is 2.47. The molecule has 1 aromatic rings. The molecule has 1 heterocycles. The van der Waals surface area contributed by atoms with Crippen LogP contribution in [0.3, 0.4) is 0 Å². The molecule has 0 aliphatic rings. The van der Waals surface area contributed by atoms with Gasteiger partial charge in [0.05, 0.1) is 18.3 Å². The van der Waals surface area contributed by atoms with E-state index >= 15 is 0 Å². The Morgan fingerprint density at radius 2 is 2.60 bits per heavy atom. The topological polar surface area (TPSA) is 68.0 Å². The van der Waals surface area contributed by atoms with Crippen LogP contribution >= 0.6 is 0 Å². The minimum atomic E-state index is -0.888. The molecule has 0 aliphatic heterocycles. The third-order valence-electron chi connectivity index (χ3n) is 0.979. The molecule has 5 heteroatoms. The molecular weight excluding hydrogens is 134 g/mol. The number of nitrogens with zero attached hydrogens (tertiary/aromatic N) is 3. The fourth-order valence-corrected chi connectivity index (χ4v) is 0.624. The standard InChI is InChI=1S/C5H7N3O2/c1-8-6-3-4(7-8)2-5(9)10/h3H,2H2,1H3,(H,9,10). The lowest BCUT2D eigenvalue weighted by molar-refractivity contribution is -0.136. The van der Waals surface area contributed by atoms with Gasteiger partial charge in [-0.1, -0.05) is 0 Å². The molecule has 0 amide bonds. The molecule has 0 bridgehead atoms. The van der Waals surface area contributed by atoms with Crippen LogP contribution in [0.2, 0.25) is 0 Å². The van der Waals surface area contributed by atoms with E-state index in [-0.39, 0.29) is 6.42 Å². The van der Waals surface area contributed by atoms with Crippen molar-refractivity contribution in [3.8, 4) is 0 Å². The van der Waals surface area contributed by atoms with Gasteiger partial charge in [0, 0.05) is 7.05 Å². The minimum absolute atomic E-state index is 0.0617. The number of aliphatic carboxylic acids is 1. The molecule has 1 aromatic heterocycles. The van der Waals surface area contributed by atoms with Gasteiger partial charge in [-0.25, -0.2) is 0 Å². The second-order valence-corrected chi connectivity index (χ2v) is 1.90. The zero-order valence-electron chi connectivity index (χ0n) is 5.48. The lowest BCUT2D eigenvalue weighted by Crippen LogP contribution is -2.01. The van der Waals surface area contributed by atoms with Gasteiger partial charge in [-0.2, -0.15) is 15.0 Å². The first-order valence-electron chi connectivity index (χ1n) is 2.75. The van der Waals surface area contributed by atoms with Crippen LogP contribution in [-0.2, 0) is 18.3 Å². The molecule has 0 aromatic carbocycles. The van der Waals surface area contributed by atoms with Crippen molar-refractivity contribution in [1.82, 2.24) is 15.0 Å². The van der Waals surface area contributed by atoms with Crippen molar-refractivity contribution in [1.29, 1.82) is 0 Å². The summed E-state index contributed by atoms with van der Waals surface area (Å²) in [5.41, 5.74) is 0.481. The van der Waals surface area contributed by atoms with Gasteiger partial charge in [0.15, 0.2) is 0 Å². The highest BCUT2D eigenvalue weighted by atomic mass is 16.4. The van der Waals surface area contributed by atoms with E-state index in [2.05, 4.69) is 10.2 Å². The Bertz CT molecular complexity index is 243. The Morgan fingerprint density at radius 3 is 3.00 bits per heavy atom. The van der Waals surface area contributed by atoms with Crippen molar-refractivity contribution < 1.29 is 9.90 Å². The Morgan fingerprint density at radius 1 is 1.90 bits per heavy atom. The number of aryl methyl sites for hydroxylation is 1. The zero-order chi connectivity index (χ0) is 7.56. The van der Waals surface area contributed by atoms with Crippen molar-refractivity contribution in [2.24, 2.45) is 7.05 Å².